The van der Waals surface area contributed by atoms with Crippen LogP contribution in [-0.2, 0) is 9.59 Å². The van der Waals surface area contributed by atoms with Gasteiger partial charge in [-0.3, -0.25) is 14.9 Å². The van der Waals surface area contributed by atoms with E-state index in [9.17, 15) is 14.4 Å². The number of thioether (sulfide) groups is 1. The molecule has 0 aromatic carbocycles. The maximum Gasteiger partial charge on any atom is 0.321 e. The van der Waals surface area contributed by atoms with Gasteiger partial charge in [0.05, 0.1) is 12.2 Å². The summed E-state index contributed by atoms with van der Waals surface area (Å²) in [6, 6.07) is -0.251. The van der Waals surface area contributed by atoms with Gasteiger partial charge in [0.2, 0.25) is 5.91 Å². The van der Waals surface area contributed by atoms with Crippen LogP contribution >= 0.6 is 11.8 Å². The minimum absolute atomic E-state index is 0.0201. The Morgan fingerprint density at radius 2 is 2.00 bits per heavy atom. The Bertz CT molecular complexity index is 291. The van der Waals surface area contributed by atoms with Crippen molar-refractivity contribution in [2.24, 2.45) is 0 Å². The average Bonchev–Trinajstić information content (AvgIpc) is 2.95. The molecule has 0 aliphatic heterocycles. The van der Waals surface area contributed by atoms with Crippen molar-refractivity contribution in [3.05, 3.63) is 0 Å². The van der Waals surface area contributed by atoms with Crippen molar-refractivity contribution in [2.45, 2.75) is 25.3 Å². The molecule has 1 fully saturated rings. The van der Waals surface area contributed by atoms with Crippen LogP contribution in [0.3, 0.4) is 0 Å². The molecule has 6 nitrogen and oxygen atoms in total. The molecule has 3 N–H and O–H groups in total. The molecule has 7 heteroatoms. The fraction of sp³-hybridized carbons (Fsp3) is 0.667. The van der Waals surface area contributed by atoms with Crippen LogP contribution in [0.25, 0.3) is 0 Å². The van der Waals surface area contributed by atoms with E-state index in [1.54, 1.807) is 0 Å². The van der Waals surface area contributed by atoms with Crippen LogP contribution in [0.5, 0.6) is 0 Å². The number of hydrogen-bond donors (Lipinski definition) is 3. The smallest absolute Gasteiger partial charge is 0.321 e. The summed E-state index contributed by atoms with van der Waals surface area (Å²) in [7, 11) is 0. The second kappa shape index (κ2) is 6.37. The number of carboxylic acids is 1. The van der Waals surface area contributed by atoms with Gasteiger partial charge in [-0.25, -0.2) is 4.79 Å². The topological polar surface area (TPSA) is 95.5 Å². The molecule has 1 aliphatic carbocycles. The highest BCUT2D eigenvalue weighted by Gasteiger charge is 2.23. The quantitative estimate of drug-likeness (QED) is 0.581. The lowest BCUT2D eigenvalue weighted by atomic mass is 10.5. The molecular formula is C9H14N2O4S. The van der Waals surface area contributed by atoms with E-state index in [0.29, 0.717) is 5.75 Å². The highest BCUT2D eigenvalue weighted by Crippen LogP contribution is 2.18. The van der Waals surface area contributed by atoms with Gasteiger partial charge in [0, 0.05) is 11.8 Å². The zero-order valence-corrected chi connectivity index (χ0v) is 9.51. The van der Waals surface area contributed by atoms with Crippen molar-refractivity contribution in [3.8, 4) is 0 Å². The third kappa shape index (κ3) is 6.28. The number of carboxylic acid groups (broad SMARTS) is 1. The van der Waals surface area contributed by atoms with Crippen molar-refractivity contribution < 1.29 is 19.5 Å². The molecule has 0 radical (unpaired) electrons. The Morgan fingerprint density at radius 1 is 1.31 bits per heavy atom. The number of imide groups is 1. The molecule has 0 bridgehead atoms. The monoisotopic (exact) mass is 246 g/mol. The highest BCUT2D eigenvalue weighted by atomic mass is 32.2. The van der Waals surface area contributed by atoms with Gasteiger partial charge in [0.15, 0.2) is 0 Å². The molecule has 0 heterocycles. The van der Waals surface area contributed by atoms with E-state index in [4.69, 9.17) is 5.11 Å². The molecule has 0 spiro atoms. The van der Waals surface area contributed by atoms with E-state index in [1.165, 1.54) is 11.8 Å². The predicted octanol–water partition coefficient (Wildman–Crippen LogP) is 0.182. The zero-order chi connectivity index (χ0) is 12.0. The SMILES string of the molecule is O=C(O)CCSCC(=O)NC(=O)NC1CC1. The van der Waals surface area contributed by atoms with E-state index in [1.807, 2.05) is 0 Å². The van der Waals surface area contributed by atoms with Crippen molar-refractivity contribution in [3.63, 3.8) is 0 Å². The van der Waals surface area contributed by atoms with Gasteiger partial charge in [-0.2, -0.15) is 11.8 Å². The number of nitrogens with one attached hydrogen (secondary N) is 2. The summed E-state index contributed by atoms with van der Waals surface area (Å²) >= 11 is 1.19. The van der Waals surface area contributed by atoms with Gasteiger partial charge >= 0.3 is 12.0 Å². The summed E-state index contributed by atoms with van der Waals surface area (Å²) in [4.78, 5) is 32.4. The summed E-state index contributed by atoms with van der Waals surface area (Å²) in [5, 5.41) is 13.2. The summed E-state index contributed by atoms with van der Waals surface area (Å²) in [5.41, 5.74) is 0. The molecule has 90 valence electrons. The van der Waals surface area contributed by atoms with Crippen LogP contribution < -0.4 is 10.6 Å². The standard InChI is InChI=1S/C9H14N2O4S/c12-7(5-16-4-3-8(13)14)11-9(15)10-6-1-2-6/h6H,1-5H2,(H,13,14)(H2,10,11,12,15). The number of amides is 3. The van der Waals surface area contributed by atoms with Crippen LogP contribution in [-0.4, -0.2) is 40.6 Å². The molecule has 0 aromatic heterocycles. The second-order valence-electron chi connectivity index (χ2n) is 3.49. The van der Waals surface area contributed by atoms with Crippen LogP contribution in [0.4, 0.5) is 4.79 Å². The number of urea groups is 1. The van der Waals surface area contributed by atoms with Crippen molar-refractivity contribution in [1.82, 2.24) is 10.6 Å². The maximum absolute atomic E-state index is 11.2. The summed E-state index contributed by atoms with van der Waals surface area (Å²) in [5.74, 6) is -0.814. The Labute approximate surface area is 97.2 Å². The van der Waals surface area contributed by atoms with Gasteiger partial charge in [-0.05, 0) is 12.8 Å². The Balaban J connectivity index is 2.00. The largest absolute Gasteiger partial charge is 0.481 e. The highest BCUT2D eigenvalue weighted by molar-refractivity contribution is 7.99. The number of carbonyl (C=O) groups is 3. The number of aliphatic carboxylic acids is 1. The number of hydrogen-bond acceptors (Lipinski definition) is 4. The van der Waals surface area contributed by atoms with Crippen LogP contribution in [0.2, 0.25) is 0 Å². The van der Waals surface area contributed by atoms with Crippen LogP contribution in [0.1, 0.15) is 19.3 Å². The summed E-state index contributed by atoms with van der Waals surface area (Å²) < 4.78 is 0. The Morgan fingerprint density at radius 3 is 2.56 bits per heavy atom. The number of rotatable bonds is 6. The van der Waals surface area contributed by atoms with Gasteiger partial charge in [-0.1, -0.05) is 0 Å². The van der Waals surface area contributed by atoms with Crippen LogP contribution in [0, 0.1) is 0 Å². The molecule has 3 amide bonds. The fourth-order valence-corrected chi connectivity index (χ4v) is 1.66. The van der Waals surface area contributed by atoms with E-state index in [0.717, 1.165) is 12.8 Å². The van der Waals surface area contributed by atoms with Crippen molar-refractivity contribution >= 4 is 29.7 Å². The lowest BCUT2D eigenvalue weighted by Gasteiger charge is -2.04. The first-order valence-electron chi connectivity index (χ1n) is 4.98. The molecule has 0 saturated heterocycles. The minimum Gasteiger partial charge on any atom is -0.481 e. The van der Waals surface area contributed by atoms with E-state index >= 15 is 0 Å². The molecular weight excluding hydrogens is 232 g/mol. The minimum atomic E-state index is -0.889. The third-order valence-corrected chi connectivity index (χ3v) is 2.82. The molecule has 0 unspecified atom stereocenters. The lowest BCUT2D eigenvalue weighted by molar-refractivity contribution is -0.136. The van der Waals surface area contributed by atoms with Crippen LogP contribution in [0.15, 0.2) is 0 Å². The van der Waals surface area contributed by atoms with Gasteiger partial charge < -0.3 is 10.4 Å². The first-order valence-corrected chi connectivity index (χ1v) is 6.13. The molecule has 0 atom stereocenters. The first-order chi connectivity index (χ1) is 7.58. The van der Waals surface area contributed by atoms with Gasteiger partial charge in [0.25, 0.3) is 0 Å². The molecule has 1 saturated carbocycles. The van der Waals surface area contributed by atoms with E-state index in [-0.39, 0.29) is 18.2 Å². The van der Waals surface area contributed by atoms with Gasteiger partial charge in [0.1, 0.15) is 0 Å². The lowest BCUT2D eigenvalue weighted by Crippen LogP contribution is -2.41. The fourth-order valence-electron chi connectivity index (χ4n) is 0.936. The molecule has 16 heavy (non-hydrogen) atoms. The normalized spacial score (nSPS) is 14.2. The third-order valence-electron chi connectivity index (χ3n) is 1.86. The second-order valence-corrected chi connectivity index (χ2v) is 4.60. The van der Waals surface area contributed by atoms with Crippen molar-refractivity contribution in [2.75, 3.05) is 11.5 Å². The molecule has 1 aliphatic rings. The predicted molar refractivity (Wildman–Crippen MR) is 59.3 cm³/mol. The van der Waals surface area contributed by atoms with E-state index in [2.05, 4.69) is 10.6 Å². The van der Waals surface area contributed by atoms with Gasteiger partial charge in [-0.15, -0.1) is 0 Å². The zero-order valence-electron chi connectivity index (χ0n) is 8.69. The molecule has 0 aromatic rings. The summed E-state index contributed by atoms with van der Waals surface area (Å²) in [6.07, 6.45) is 1.95. The van der Waals surface area contributed by atoms with Crippen molar-refractivity contribution in [1.29, 1.82) is 0 Å². The average molecular weight is 246 g/mol. The first kappa shape index (κ1) is 12.8. The van der Waals surface area contributed by atoms with E-state index < -0.39 is 17.9 Å². The Hall–Kier alpha value is -1.24. The Kier molecular flexibility index (Phi) is 5.10. The number of carbonyl (C=O) groups excluding carboxylic acids is 2. The maximum atomic E-state index is 11.2. The summed E-state index contributed by atoms with van der Waals surface area (Å²) in [6.45, 7) is 0. The molecule has 1 rings (SSSR count).